The van der Waals surface area contributed by atoms with Gasteiger partial charge in [0.2, 0.25) is 0 Å². The quantitative estimate of drug-likeness (QED) is 0.766. The number of likely N-dealkylation sites (tertiary alicyclic amines) is 1. The number of hydrogen-bond donors (Lipinski definition) is 0. The minimum Gasteiger partial charge on any atom is -0.298 e. The highest BCUT2D eigenvalue weighted by Crippen LogP contribution is 2.53. The van der Waals surface area contributed by atoms with E-state index in [1.54, 1.807) is 0 Å². The summed E-state index contributed by atoms with van der Waals surface area (Å²) in [5.74, 6) is 3.06. The molecular formula is C14H18BrN. The van der Waals surface area contributed by atoms with Crippen molar-refractivity contribution < 1.29 is 0 Å². The van der Waals surface area contributed by atoms with Gasteiger partial charge in [-0.25, -0.2) is 0 Å². The van der Waals surface area contributed by atoms with Gasteiger partial charge in [-0.05, 0) is 29.7 Å². The van der Waals surface area contributed by atoms with Crippen LogP contribution in [0, 0.1) is 17.8 Å². The van der Waals surface area contributed by atoms with E-state index in [1.165, 1.54) is 30.4 Å². The Morgan fingerprint density at radius 1 is 1.12 bits per heavy atom. The molecule has 0 N–H and O–H groups in total. The van der Waals surface area contributed by atoms with Crippen molar-refractivity contribution in [2.45, 2.75) is 13.0 Å². The second-order valence-electron chi connectivity index (χ2n) is 5.15. The highest BCUT2D eigenvalue weighted by Gasteiger charge is 2.54. The van der Waals surface area contributed by atoms with Gasteiger partial charge >= 0.3 is 0 Å². The lowest BCUT2D eigenvalue weighted by atomic mass is 10.2. The largest absolute Gasteiger partial charge is 0.298 e. The van der Waals surface area contributed by atoms with Crippen molar-refractivity contribution in [3.05, 3.63) is 35.9 Å². The first kappa shape index (κ1) is 10.8. The number of alkyl halides is 1. The van der Waals surface area contributed by atoms with Gasteiger partial charge in [-0.15, -0.1) is 0 Å². The molecule has 2 fully saturated rings. The molecule has 0 radical (unpaired) electrons. The van der Waals surface area contributed by atoms with Crippen LogP contribution in [0.15, 0.2) is 30.3 Å². The van der Waals surface area contributed by atoms with Gasteiger partial charge in [0.05, 0.1) is 0 Å². The molecule has 1 heterocycles. The molecule has 0 amide bonds. The molecule has 1 saturated carbocycles. The lowest BCUT2D eigenvalue weighted by molar-refractivity contribution is 0.276. The maximum absolute atomic E-state index is 3.55. The fraction of sp³-hybridized carbons (Fsp3) is 0.571. The summed E-state index contributed by atoms with van der Waals surface area (Å²) < 4.78 is 0. The Morgan fingerprint density at radius 3 is 2.44 bits per heavy atom. The van der Waals surface area contributed by atoms with E-state index in [-0.39, 0.29) is 0 Å². The predicted molar refractivity (Wildman–Crippen MR) is 70.6 cm³/mol. The van der Waals surface area contributed by atoms with Crippen LogP contribution in [0.5, 0.6) is 0 Å². The van der Waals surface area contributed by atoms with Crippen molar-refractivity contribution in [2.24, 2.45) is 17.8 Å². The Bertz CT molecular complexity index is 339. The zero-order valence-corrected chi connectivity index (χ0v) is 11.1. The van der Waals surface area contributed by atoms with Gasteiger partial charge < -0.3 is 0 Å². The SMILES string of the molecule is BrCCC1C2CN(Cc3ccccc3)CC12. The molecule has 0 aromatic heterocycles. The second-order valence-corrected chi connectivity index (χ2v) is 5.94. The van der Waals surface area contributed by atoms with Crippen molar-refractivity contribution in [3.63, 3.8) is 0 Å². The van der Waals surface area contributed by atoms with Crippen LogP contribution in [0.2, 0.25) is 0 Å². The maximum atomic E-state index is 3.55. The first-order chi connectivity index (χ1) is 7.88. The van der Waals surface area contributed by atoms with Crippen LogP contribution in [0.1, 0.15) is 12.0 Å². The summed E-state index contributed by atoms with van der Waals surface area (Å²) in [6.07, 6.45) is 1.38. The van der Waals surface area contributed by atoms with Crippen LogP contribution in [-0.2, 0) is 6.54 Å². The van der Waals surface area contributed by atoms with E-state index < -0.39 is 0 Å². The molecule has 3 rings (SSSR count). The third-order valence-corrected chi connectivity index (χ3v) is 4.60. The van der Waals surface area contributed by atoms with Gasteiger partial charge in [-0.3, -0.25) is 4.90 Å². The fourth-order valence-corrected chi connectivity index (χ4v) is 3.79. The predicted octanol–water partition coefficient (Wildman–Crippen LogP) is 3.15. The van der Waals surface area contributed by atoms with Gasteiger partial charge in [-0.2, -0.15) is 0 Å². The summed E-state index contributed by atoms with van der Waals surface area (Å²) >= 11 is 3.55. The van der Waals surface area contributed by atoms with Gasteiger partial charge in [0, 0.05) is 25.0 Å². The average Bonchev–Trinajstić information content (AvgIpc) is 2.76. The topological polar surface area (TPSA) is 3.24 Å². The monoisotopic (exact) mass is 279 g/mol. The first-order valence-electron chi connectivity index (χ1n) is 6.20. The summed E-state index contributed by atoms with van der Waals surface area (Å²) in [5.41, 5.74) is 1.46. The number of halogens is 1. The molecule has 2 heteroatoms. The average molecular weight is 280 g/mol. The van der Waals surface area contributed by atoms with E-state index in [0.29, 0.717) is 0 Å². The smallest absolute Gasteiger partial charge is 0.0233 e. The summed E-state index contributed by atoms with van der Waals surface area (Å²) in [6, 6.07) is 10.8. The summed E-state index contributed by atoms with van der Waals surface area (Å²) in [5, 5.41) is 1.18. The highest BCUT2D eigenvalue weighted by molar-refractivity contribution is 9.09. The van der Waals surface area contributed by atoms with Crippen molar-refractivity contribution in [1.29, 1.82) is 0 Å². The van der Waals surface area contributed by atoms with E-state index >= 15 is 0 Å². The third-order valence-electron chi connectivity index (χ3n) is 4.14. The normalized spacial score (nSPS) is 32.7. The standard InChI is InChI=1S/C14H18BrN/c15-7-6-12-13-9-16(10-14(12)13)8-11-4-2-1-3-5-11/h1-5,12-14H,6-10H2. The van der Waals surface area contributed by atoms with Crippen LogP contribution in [-0.4, -0.2) is 23.3 Å². The molecule has 1 nitrogen and oxygen atoms in total. The van der Waals surface area contributed by atoms with Crippen molar-refractivity contribution in [3.8, 4) is 0 Å². The fourth-order valence-electron chi connectivity index (χ4n) is 3.26. The minimum atomic E-state index is 1.02. The molecule has 0 spiro atoms. The van der Waals surface area contributed by atoms with Gasteiger partial charge in [0.15, 0.2) is 0 Å². The van der Waals surface area contributed by atoms with Crippen LogP contribution < -0.4 is 0 Å². The minimum absolute atomic E-state index is 1.02. The Kier molecular flexibility index (Phi) is 3.03. The van der Waals surface area contributed by atoms with E-state index in [9.17, 15) is 0 Å². The summed E-state index contributed by atoms with van der Waals surface area (Å²) in [7, 11) is 0. The van der Waals surface area contributed by atoms with E-state index in [0.717, 1.165) is 24.3 Å². The third kappa shape index (κ3) is 2.05. The van der Waals surface area contributed by atoms with Crippen LogP contribution in [0.3, 0.4) is 0 Å². The van der Waals surface area contributed by atoms with Crippen LogP contribution in [0.25, 0.3) is 0 Å². The van der Waals surface area contributed by atoms with Gasteiger partial charge in [-0.1, -0.05) is 46.3 Å². The number of rotatable bonds is 4. The number of fused-ring (bicyclic) bond motifs is 1. The van der Waals surface area contributed by atoms with E-state index in [4.69, 9.17) is 0 Å². The Morgan fingerprint density at radius 2 is 1.81 bits per heavy atom. The number of nitrogens with zero attached hydrogens (tertiary/aromatic N) is 1. The zero-order valence-electron chi connectivity index (χ0n) is 9.48. The van der Waals surface area contributed by atoms with E-state index in [1.807, 2.05) is 0 Å². The molecular weight excluding hydrogens is 262 g/mol. The van der Waals surface area contributed by atoms with E-state index in [2.05, 4.69) is 51.2 Å². The van der Waals surface area contributed by atoms with Gasteiger partial charge in [0.25, 0.3) is 0 Å². The van der Waals surface area contributed by atoms with Crippen molar-refractivity contribution in [2.75, 3.05) is 18.4 Å². The molecule has 2 atom stereocenters. The van der Waals surface area contributed by atoms with Crippen LogP contribution >= 0.6 is 15.9 Å². The highest BCUT2D eigenvalue weighted by atomic mass is 79.9. The summed E-state index contributed by atoms with van der Waals surface area (Å²) in [6.45, 7) is 3.81. The number of hydrogen-bond acceptors (Lipinski definition) is 1. The molecule has 1 aliphatic heterocycles. The van der Waals surface area contributed by atoms with Crippen molar-refractivity contribution >= 4 is 15.9 Å². The molecule has 1 aromatic rings. The molecule has 1 saturated heterocycles. The van der Waals surface area contributed by atoms with Crippen LogP contribution in [0.4, 0.5) is 0 Å². The molecule has 1 aliphatic carbocycles. The molecule has 16 heavy (non-hydrogen) atoms. The zero-order chi connectivity index (χ0) is 11.0. The molecule has 2 aliphatic rings. The number of piperidine rings is 1. The lowest BCUT2D eigenvalue weighted by Crippen LogP contribution is -2.24. The molecule has 1 aromatic carbocycles. The Balaban J connectivity index is 1.51. The molecule has 86 valence electrons. The molecule has 2 unspecified atom stereocenters. The van der Waals surface area contributed by atoms with Crippen molar-refractivity contribution in [1.82, 2.24) is 4.90 Å². The Labute approximate surface area is 106 Å². The lowest BCUT2D eigenvalue weighted by Gasteiger charge is -2.19. The van der Waals surface area contributed by atoms with Gasteiger partial charge in [0.1, 0.15) is 0 Å². The molecule has 0 bridgehead atoms. The maximum Gasteiger partial charge on any atom is 0.0233 e. The first-order valence-corrected chi connectivity index (χ1v) is 7.33. The summed E-state index contributed by atoms with van der Waals surface area (Å²) in [4.78, 5) is 2.62. The second kappa shape index (κ2) is 4.50. The number of benzene rings is 1. The Hall–Kier alpha value is -0.340.